The van der Waals surface area contributed by atoms with E-state index in [0.29, 0.717) is 17.1 Å². The van der Waals surface area contributed by atoms with Gasteiger partial charge in [-0.25, -0.2) is 9.37 Å². The molecular weight excluding hydrogens is 355 g/mol. The number of hydrogen-bond donors (Lipinski definition) is 0. The van der Waals surface area contributed by atoms with Crippen molar-refractivity contribution in [1.82, 2.24) is 24.5 Å². The largest absolute Gasteiger partial charge is 0.348 e. The number of halogens is 2. The van der Waals surface area contributed by atoms with Crippen molar-refractivity contribution in [2.24, 2.45) is 0 Å². The molecule has 4 heterocycles. The van der Waals surface area contributed by atoms with Crippen LogP contribution in [0.1, 0.15) is 17.8 Å². The number of aryl methyl sites for hydroxylation is 1. The lowest BCUT2D eigenvalue weighted by atomic mass is 10.2. The predicted molar refractivity (Wildman–Crippen MR) is 96.9 cm³/mol. The number of rotatable bonds is 3. The molecule has 0 aliphatic carbocycles. The van der Waals surface area contributed by atoms with Gasteiger partial charge in [0.05, 0.1) is 0 Å². The lowest BCUT2D eigenvalue weighted by Gasteiger charge is -2.35. The third-order valence-corrected chi connectivity index (χ3v) is 5.85. The van der Waals surface area contributed by atoms with Gasteiger partial charge in [-0.1, -0.05) is 17.7 Å². The van der Waals surface area contributed by atoms with Crippen LogP contribution in [0.25, 0.3) is 5.65 Å². The zero-order valence-corrected chi connectivity index (χ0v) is 15.1. The molecule has 2 atom stereocenters. The SMILES string of the molecule is Cc1nnc2c(N3CC4CC3CN4Cc3ccc(F)cc3Cl)nccn12. The summed E-state index contributed by atoms with van der Waals surface area (Å²) in [6.45, 7) is 4.53. The smallest absolute Gasteiger partial charge is 0.203 e. The molecule has 0 N–H and O–H groups in total. The highest BCUT2D eigenvalue weighted by Crippen LogP contribution is 2.36. The summed E-state index contributed by atoms with van der Waals surface area (Å²) < 4.78 is 15.2. The Bertz CT molecular complexity index is 989. The lowest BCUT2D eigenvalue weighted by Crippen LogP contribution is -2.46. The first-order chi connectivity index (χ1) is 12.6. The molecule has 2 aromatic heterocycles. The van der Waals surface area contributed by atoms with Crippen LogP contribution in [0.5, 0.6) is 0 Å². The van der Waals surface area contributed by atoms with Gasteiger partial charge < -0.3 is 4.90 Å². The molecule has 3 aromatic rings. The first-order valence-electron chi connectivity index (χ1n) is 8.71. The molecule has 2 aliphatic heterocycles. The molecule has 2 aliphatic rings. The van der Waals surface area contributed by atoms with Gasteiger partial charge in [-0.15, -0.1) is 10.2 Å². The monoisotopic (exact) mass is 372 g/mol. The number of piperazine rings is 1. The van der Waals surface area contributed by atoms with Crippen molar-refractivity contribution in [2.75, 3.05) is 18.0 Å². The number of fused-ring (bicyclic) bond motifs is 3. The highest BCUT2D eigenvalue weighted by molar-refractivity contribution is 6.31. The van der Waals surface area contributed by atoms with Gasteiger partial charge in [0.25, 0.3) is 0 Å². The molecule has 0 saturated carbocycles. The molecule has 26 heavy (non-hydrogen) atoms. The van der Waals surface area contributed by atoms with Crippen LogP contribution in [0.4, 0.5) is 10.2 Å². The van der Waals surface area contributed by atoms with Gasteiger partial charge in [-0.05, 0) is 31.0 Å². The fourth-order valence-electron chi connectivity index (χ4n) is 4.20. The molecule has 2 bridgehead atoms. The first kappa shape index (κ1) is 16.0. The highest BCUT2D eigenvalue weighted by Gasteiger charge is 2.44. The summed E-state index contributed by atoms with van der Waals surface area (Å²) in [6.07, 6.45) is 4.79. The van der Waals surface area contributed by atoms with Gasteiger partial charge in [0, 0.05) is 49.1 Å². The summed E-state index contributed by atoms with van der Waals surface area (Å²) in [5, 5.41) is 8.96. The van der Waals surface area contributed by atoms with Crippen LogP contribution in [-0.2, 0) is 6.54 Å². The van der Waals surface area contributed by atoms with E-state index in [9.17, 15) is 4.39 Å². The van der Waals surface area contributed by atoms with Gasteiger partial charge in [-0.2, -0.15) is 0 Å². The van der Waals surface area contributed by atoms with E-state index in [1.165, 1.54) is 12.1 Å². The average Bonchev–Trinajstić information content (AvgIpc) is 3.32. The maximum absolute atomic E-state index is 13.3. The van der Waals surface area contributed by atoms with E-state index in [0.717, 1.165) is 48.9 Å². The Hall–Kier alpha value is -2.25. The highest BCUT2D eigenvalue weighted by atomic mass is 35.5. The lowest BCUT2D eigenvalue weighted by molar-refractivity contribution is 0.230. The second-order valence-corrected chi connectivity index (χ2v) is 7.46. The van der Waals surface area contributed by atoms with Crippen LogP contribution in [0.2, 0.25) is 5.02 Å². The normalized spacial score (nSPS) is 22.7. The Labute approximate surface area is 155 Å². The average molecular weight is 373 g/mol. The molecule has 8 heteroatoms. The van der Waals surface area contributed by atoms with Crippen LogP contribution in [0.15, 0.2) is 30.6 Å². The van der Waals surface area contributed by atoms with Crippen LogP contribution in [-0.4, -0.2) is 49.7 Å². The topological polar surface area (TPSA) is 49.6 Å². The molecule has 2 saturated heterocycles. The number of anilines is 1. The number of aromatic nitrogens is 4. The number of likely N-dealkylation sites (tertiary alicyclic amines) is 1. The van der Waals surface area contributed by atoms with Crippen molar-refractivity contribution in [2.45, 2.75) is 32.0 Å². The Morgan fingerprint density at radius 3 is 2.88 bits per heavy atom. The van der Waals surface area contributed by atoms with Gasteiger partial charge in [-0.3, -0.25) is 9.30 Å². The first-order valence-corrected chi connectivity index (χ1v) is 9.09. The standard InChI is InChI=1S/C18H18ClFN6/c1-11-22-23-18-17(21-4-5-25(11)18)26-10-14-7-15(26)9-24(14)8-12-2-3-13(20)6-16(12)19/h2-6,14-15H,7-10H2,1H3. The second-order valence-electron chi connectivity index (χ2n) is 7.05. The minimum Gasteiger partial charge on any atom is -0.348 e. The van der Waals surface area contributed by atoms with E-state index in [4.69, 9.17) is 11.6 Å². The zero-order chi connectivity index (χ0) is 17.8. The van der Waals surface area contributed by atoms with Gasteiger partial charge in [0.1, 0.15) is 11.6 Å². The van der Waals surface area contributed by atoms with Crippen LogP contribution in [0.3, 0.4) is 0 Å². The molecule has 0 amide bonds. The fraction of sp³-hybridized carbons (Fsp3) is 0.389. The summed E-state index contributed by atoms with van der Waals surface area (Å²) >= 11 is 6.20. The molecule has 1 aromatic carbocycles. The Morgan fingerprint density at radius 2 is 2.12 bits per heavy atom. The van der Waals surface area contributed by atoms with Crippen molar-refractivity contribution in [3.63, 3.8) is 0 Å². The summed E-state index contributed by atoms with van der Waals surface area (Å²) in [5.41, 5.74) is 1.78. The van der Waals surface area contributed by atoms with Crippen LogP contribution >= 0.6 is 11.6 Å². The number of nitrogens with zero attached hydrogens (tertiary/aromatic N) is 6. The minimum atomic E-state index is -0.296. The molecule has 134 valence electrons. The third kappa shape index (κ3) is 2.46. The Morgan fingerprint density at radius 1 is 1.23 bits per heavy atom. The molecule has 5 rings (SSSR count). The van der Waals surface area contributed by atoms with E-state index >= 15 is 0 Å². The van der Waals surface area contributed by atoms with Crippen molar-refractivity contribution in [3.05, 3.63) is 52.8 Å². The van der Waals surface area contributed by atoms with E-state index < -0.39 is 0 Å². The van der Waals surface area contributed by atoms with Gasteiger partial charge in [0.15, 0.2) is 5.82 Å². The summed E-state index contributed by atoms with van der Waals surface area (Å²) in [5.74, 6) is 1.47. The number of hydrogen-bond acceptors (Lipinski definition) is 5. The van der Waals surface area contributed by atoms with Crippen molar-refractivity contribution in [3.8, 4) is 0 Å². The van der Waals surface area contributed by atoms with Crippen molar-refractivity contribution < 1.29 is 4.39 Å². The summed E-state index contributed by atoms with van der Waals surface area (Å²) in [6, 6.07) is 5.47. The van der Waals surface area contributed by atoms with Crippen LogP contribution in [0, 0.1) is 12.7 Å². The molecule has 6 nitrogen and oxygen atoms in total. The molecule has 0 radical (unpaired) electrons. The second kappa shape index (κ2) is 5.89. The van der Waals surface area contributed by atoms with E-state index in [2.05, 4.69) is 25.0 Å². The van der Waals surface area contributed by atoms with E-state index in [1.54, 1.807) is 12.3 Å². The molecule has 0 spiro atoms. The van der Waals surface area contributed by atoms with Crippen molar-refractivity contribution in [1.29, 1.82) is 0 Å². The van der Waals surface area contributed by atoms with Crippen LogP contribution < -0.4 is 4.90 Å². The fourth-order valence-corrected chi connectivity index (χ4v) is 4.43. The minimum absolute atomic E-state index is 0.296. The molecular formula is C18H18ClFN6. The van der Waals surface area contributed by atoms with Gasteiger partial charge >= 0.3 is 0 Å². The predicted octanol–water partition coefficient (Wildman–Crippen LogP) is 2.69. The number of benzene rings is 1. The Balaban J connectivity index is 1.37. The maximum Gasteiger partial charge on any atom is 0.203 e. The molecule has 2 unspecified atom stereocenters. The van der Waals surface area contributed by atoms with E-state index in [-0.39, 0.29) is 5.82 Å². The quantitative estimate of drug-likeness (QED) is 0.707. The van der Waals surface area contributed by atoms with E-state index in [1.807, 2.05) is 17.5 Å². The maximum atomic E-state index is 13.3. The summed E-state index contributed by atoms with van der Waals surface area (Å²) in [7, 11) is 0. The summed E-state index contributed by atoms with van der Waals surface area (Å²) in [4.78, 5) is 9.35. The zero-order valence-electron chi connectivity index (χ0n) is 14.3. The van der Waals surface area contributed by atoms with Gasteiger partial charge in [0.2, 0.25) is 5.65 Å². The Kier molecular flexibility index (Phi) is 3.62. The third-order valence-electron chi connectivity index (χ3n) is 5.49. The van der Waals surface area contributed by atoms with Crippen molar-refractivity contribution >= 4 is 23.1 Å². The molecule has 2 fully saturated rings.